The van der Waals surface area contributed by atoms with Gasteiger partial charge >= 0.3 is 5.97 Å². The molecule has 0 aliphatic carbocycles. The molecule has 3 aromatic rings. The lowest BCUT2D eigenvalue weighted by atomic mass is 9.87. The van der Waals surface area contributed by atoms with Crippen LogP contribution in [0.5, 0.6) is 5.75 Å². The standard InChI is InChI=1S/C22H23ClN2O3/c1-13-11-18(23)21(16-7-9-24-20(13)16)28-19-8-10-25(2)12-17(19)14-3-5-15(6-4-14)22(26)27/h3-7,9,11,17,19,24H,8,10,12H2,1-2H3,(H,26,27)/t17-,19+/m0/s1. The van der Waals surface area contributed by atoms with Crippen molar-refractivity contribution in [2.75, 3.05) is 20.1 Å². The fourth-order valence-electron chi connectivity index (χ4n) is 4.04. The van der Waals surface area contributed by atoms with Crippen molar-refractivity contribution in [2.24, 2.45) is 0 Å². The molecule has 0 bridgehead atoms. The molecular formula is C22H23ClN2O3. The van der Waals surface area contributed by atoms with Crippen molar-refractivity contribution in [1.82, 2.24) is 9.88 Å². The zero-order chi connectivity index (χ0) is 19.8. The number of H-pyrrole nitrogens is 1. The van der Waals surface area contributed by atoms with E-state index in [1.165, 1.54) is 0 Å². The van der Waals surface area contributed by atoms with Gasteiger partial charge in [-0.15, -0.1) is 0 Å². The molecule has 4 rings (SSSR count). The van der Waals surface area contributed by atoms with Gasteiger partial charge in [-0.25, -0.2) is 4.79 Å². The van der Waals surface area contributed by atoms with Gasteiger partial charge in [0.05, 0.1) is 16.1 Å². The van der Waals surface area contributed by atoms with E-state index in [2.05, 4.69) is 16.9 Å². The maximum atomic E-state index is 11.2. The van der Waals surface area contributed by atoms with Crippen LogP contribution >= 0.6 is 11.6 Å². The van der Waals surface area contributed by atoms with Crippen molar-refractivity contribution in [1.29, 1.82) is 0 Å². The van der Waals surface area contributed by atoms with E-state index >= 15 is 0 Å². The number of aryl methyl sites for hydroxylation is 1. The number of fused-ring (bicyclic) bond motifs is 1. The number of benzene rings is 2. The summed E-state index contributed by atoms with van der Waals surface area (Å²) < 4.78 is 6.51. The number of rotatable bonds is 4. The van der Waals surface area contributed by atoms with Gasteiger partial charge in [-0.05, 0) is 55.8 Å². The lowest BCUT2D eigenvalue weighted by Crippen LogP contribution is -2.42. The van der Waals surface area contributed by atoms with Crippen molar-refractivity contribution in [2.45, 2.75) is 25.4 Å². The highest BCUT2D eigenvalue weighted by atomic mass is 35.5. The molecule has 5 nitrogen and oxygen atoms in total. The number of carbonyl (C=O) groups is 1. The molecular weight excluding hydrogens is 376 g/mol. The summed E-state index contributed by atoms with van der Waals surface area (Å²) in [4.78, 5) is 16.7. The van der Waals surface area contributed by atoms with Crippen LogP contribution in [0, 0.1) is 6.92 Å². The van der Waals surface area contributed by atoms with Gasteiger partial charge < -0.3 is 19.7 Å². The van der Waals surface area contributed by atoms with Crippen molar-refractivity contribution >= 4 is 28.5 Å². The zero-order valence-electron chi connectivity index (χ0n) is 15.9. The molecule has 146 valence electrons. The van der Waals surface area contributed by atoms with Gasteiger partial charge in [0.2, 0.25) is 0 Å². The predicted octanol–water partition coefficient (Wildman–Crippen LogP) is 4.69. The lowest BCUT2D eigenvalue weighted by Gasteiger charge is -2.37. The van der Waals surface area contributed by atoms with Crippen LogP contribution in [0.3, 0.4) is 0 Å². The Kier molecular flexibility index (Phi) is 5.04. The summed E-state index contributed by atoms with van der Waals surface area (Å²) in [6.45, 7) is 3.81. The maximum absolute atomic E-state index is 11.2. The summed E-state index contributed by atoms with van der Waals surface area (Å²) in [6, 6.07) is 11.0. The average molecular weight is 399 g/mol. The van der Waals surface area contributed by atoms with Crippen molar-refractivity contribution in [3.05, 3.63) is 64.3 Å². The summed E-state index contributed by atoms with van der Waals surface area (Å²) in [7, 11) is 2.10. The summed E-state index contributed by atoms with van der Waals surface area (Å²) in [5.41, 5.74) is 3.49. The number of ether oxygens (including phenoxy) is 1. The van der Waals surface area contributed by atoms with E-state index in [-0.39, 0.29) is 12.0 Å². The second kappa shape index (κ2) is 7.49. The molecule has 2 heterocycles. The quantitative estimate of drug-likeness (QED) is 0.668. The van der Waals surface area contributed by atoms with Gasteiger partial charge in [0.15, 0.2) is 0 Å². The first-order chi connectivity index (χ1) is 13.4. The summed E-state index contributed by atoms with van der Waals surface area (Å²) >= 11 is 6.55. The number of nitrogens with zero attached hydrogens (tertiary/aromatic N) is 1. The largest absolute Gasteiger partial charge is 0.487 e. The highest BCUT2D eigenvalue weighted by Crippen LogP contribution is 2.39. The Morgan fingerprint density at radius 2 is 2.04 bits per heavy atom. The van der Waals surface area contributed by atoms with Crippen LogP contribution in [-0.4, -0.2) is 47.2 Å². The number of halogens is 1. The minimum Gasteiger partial charge on any atom is -0.487 e. The van der Waals surface area contributed by atoms with Gasteiger partial charge in [-0.2, -0.15) is 0 Å². The van der Waals surface area contributed by atoms with E-state index in [1.807, 2.05) is 37.4 Å². The maximum Gasteiger partial charge on any atom is 0.335 e. The highest BCUT2D eigenvalue weighted by molar-refractivity contribution is 6.33. The number of hydrogen-bond acceptors (Lipinski definition) is 3. The SMILES string of the molecule is Cc1cc(Cl)c(O[C@@H]2CCN(C)C[C@H]2c2ccc(C(=O)O)cc2)c2cc[nH]c12. The number of aromatic amines is 1. The van der Waals surface area contributed by atoms with Crippen LogP contribution in [-0.2, 0) is 0 Å². The monoisotopic (exact) mass is 398 g/mol. The molecule has 6 heteroatoms. The molecule has 1 saturated heterocycles. The van der Waals surface area contributed by atoms with E-state index in [0.29, 0.717) is 16.3 Å². The number of carboxylic acid groups (broad SMARTS) is 1. The Labute approximate surface area is 168 Å². The molecule has 0 unspecified atom stereocenters. The molecule has 1 aliphatic heterocycles. The Morgan fingerprint density at radius 3 is 2.75 bits per heavy atom. The van der Waals surface area contributed by atoms with Gasteiger partial charge in [0, 0.05) is 30.6 Å². The van der Waals surface area contributed by atoms with E-state index in [0.717, 1.165) is 41.5 Å². The van der Waals surface area contributed by atoms with Crippen LogP contribution < -0.4 is 4.74 Å². The zero-order valence-corrected chi connectivity index (χ0v) is 16.7. The lowest BCUT2D eigenvalue weighted by molar-refractivity contribution is 0.0696. The number of nitrogens with one attached hydrogen (secondary N) is 1. The summed E-state index contributed by atoms with van der Waals surface area (Å²) in [5.74, 6) is -0.0698. The van der Waals surface area contributed by atoms with Crippen LogP contribution in [0.2, 0.25) is 5.02 Å². The van der Waals surface area contributed by atoms with Gasteiger partial charge in [0.1, 0.15) is 11.9 Å². The third kappa shape index (κ3) is 3.48. The van der Waals surface area contributed by atoms with E-state index in [4.69, 9.17) is 21.4 Å². The molecule has 0 radical (unpaired) electrons. The van der Waals surface area contributed by atoms with Crippen LogP contribution in [0.15, 0.2) is 42.6 Å². The minimum atomic E-state index is -0.915. The molecule has 0 amide bonds. The third-order valence-electron chi connectivity index (χ3n) is 5.55. The van der Waals surface area contributed by atoms with Gasteiger partial charge in [0.25, 0.3) is 0 Å². The smallest absolute Gasteiger partial charge is 0.335 e. The molecule has 1 fully saturated rings. The second-order valence-electron chi connectivity index (χ2n) is 7.51. The second-order valence-corrected chi connectivity index (χ2v) is 7.92. The highest BCUT2D eigenvalue weighted by Gasteiger charge is 2.32. The predicted molar refractivity (Wildman–Crippen MR) is 111 cm³/mol. The fraction of sp³-hybridized carbons (Fsp3) is 0.318. The summed E-state index contributed by atoms with van der Waals surface area (Å²) in [6.07, 6.45) is 2.74. The first-order valence-corrected chi connectivity index (χ1v) is 9.76. The summed E-state index contributed by atoms with van der Waals surface area (Å²) in [5, 5.41) is 10.8. The first-order valence-electron chi connectivity index (χ1n) is 9.38. The average Bonchev–Trinajstić information content (AvgIpc) is 3.16. The number of aromatic carboxylic acids is 1. The Morgan fingerprint density at radius 1 is 1.29 bits per heavy atom. The molecule has 28 heavy (non-hydrogen) atoms. The van der Waals surface area contributed by atoms with E-state index < -0.39 is 5.97 Å². The number of likely N-dealkylation sites (N-methyl/N-ethyl adjacent to an activating group) is 1. The molecule has 2 aromatic carbocycles. The van der Waals surface area contributed by atoms with E-state index in [9.17, 15) is 4.79 Å². The number of likely N-dealkylation sites (tertiary alicyclic amines) is 1. The number of aromatic nitrogens is 1. The molecule has 1 aromatic heterocycles. The molecule has 2 atom stereocenters. The Bertz CT molecular complexity index is 1010. The first kappa shape index (κ1) is 18.8. The number of carboxylic acids is 1. The number of piperidine rings is 1. The van der Waals surface area contributed by atoms with Crippen molar-refractivity contribution in [3.8, 4) is 5.75 Å². The minimum absolute atomic E-state index is 0.0369. The Balaban J connectivity index is 1.67. The van der Waals surface area contributed by atoms with Gasteiger partial charge in [-0.1, -0.05) is 23.7 Å². The van der Waals surface area contributed by atoms with Crippen molar-refractivity contribution < 1.29 is 14.6 Å². The van der Waals surface area contributed by atoms with Crippen LogP contribution in [0.1, 0.15) is 33.8 Å². The molecule has 2 N–H and O–H groups in total. The molecule has 0 spiro atoms. The molecule has 1 aliphatic rings. The molecule has 0 saturated carbocycles. The normalized spacial score (nSPS) is 20.4. The Hall–Kier alpha value is -2.50. The fourth-order valence-corrected chi connectivity index (χ4v) is 4.35. The van der Waals surface area contributed by atoms with Gasteiger partial charge in [-0.3, -0.25) is 0 Å². The van der Waals surface area contributed by atoms with Crippen LogP contribution in [0.25, 0.3) is 10.9 Å². The third-order valence-corrected chi connectivity index (χ3v) is 5.83. The van der Waals surface area contributed by atoms with Crippen molar-refractivity contribution in [3.63, 3.8) is 0 Å². The topological polar surface area (TPSA) is 65.6 Å². The van der Waals surface area contributed by atoms with E-state index in [1.54, 1.807) is 12.1 Å². The number of hydrogen-bond donors (Lipinski definition) is 2. The van der Waals surface area contributed by atoms with Crippen LogP contribution in [0.4, 0.5) is 0 Å².